The zero-order chi connectivity index (χ0) is 11.9. The minimum atomic E-state index is 0.0579. The van der Waals surface area contributed by atoms with E-state index in [0.717, 1.165) is 20.3 Å². The Morgan fingerprint density at radius 1 is 1.38 bits per heavy atom. The summed E-state index contributed by atoms with van der Waals surface area (Å²) in [5.74, 6) is 0.773. The molecule has 0 saturated carbocycles. The van der Waals surface area contributed by atoms with Crippen LogP contribution in [0, 0.1) is 10.5 Å². The minimum Gasteiger partial charge on any atom is -0.294 e. The Morgan fingerprint density at radius 2 is 2.06 bits per heavy atom. The number of hydrogen-bond donors (Lipinski definition) is 0. The fourth-order valence-corrected chi connectivity index (χ4v) is 2.64. The van der Waals surface area contributed by atoms with E-state index in [1.165, 1.54) is 0 Å². The third-order valence-corrected chi connectivity index (χ3v) is 3.47. The molecule has 0 bridgehead atoms. The van der Waals surface area contributed by atoms with Crippen molar-refractivity contribution in [2.24, 2.45) is 0 Å². The first-order chi connectivity index (χ1) is 7.52. The topological polar surface area (TPSA) is 34.9 Å². The molecule has 0 amide bonds. The van der Waals surface area contributed by atoms with Crippen LogP contribution in [-0.2, 0) is 0 Å². The second-order valence-corrected chi connectivity index (χ2v) is 5.22. The molecule has 0 spiro atoms. The zero-order valence-electron chi connectivity index (χ0n) is 9.49. The monoisotopic (exact) mass is 328 g/mol. The molecule has 0 aliphatic rings. The van der Waals surface area contributed by atoms with Gasteiger partial charge in [0.25, 0.3) is 5.56 Å². The lowest BCUT2D eigenvalue weighted by Gasteiger charge is -2.14. The third-order valence-electron chi connectivity index (χ3n) is 2.57. The summed E-state index contributed by atoms with van der Waals surface area (Å²) in [6, 6.07) is 5.89. The van der Waals surface area contributed by atoms with Gasteiger partial charge in [0.05, 0.1) is 10.9 Å². The van der Waals surface area contributed by atoms with Gasteiger partial charge in [-0.05, 0) is 55.5 Å². The fourth-order valence-electron chi connectivity index (χ4n) is 1.92. The molecule has 3 nitrogen and oxygen atoms in total. The lowest BCUT2D eigenvalue weighted by Crippen LogP contribution is -2.26. The highest BCUT2D eigenvalue weighted by Gasteiger charge is 2.12. The standard InChI is InChI=1S/C12H13IN2O/c1-7(2)15-8(3)14-10-6-4-5-9(13)11(10)12(15)16/h4-7H,1-3H3. The summed E-state index contributed by atoms with van der Waals surface area (Å²) in [4.78, 5) is 16.8. The summed E-state index contributed by atoms with van der Waals surface area (Å²) in [5.41, 5.74) is 0.841. The maximum atomic E-state index is 12.3. The Bertz CT molecular complexity index is 602. The maximum absolute atomic E-state index is 12.3. The molecule has 0 radical (unpaired) electrons. The normalized spacial score (nSPS) is 11.3. The van der Waals surface area contributed by atoms with Gasteiger partial charge in [0.1, 0.15) is 5.82 Å². The summed E-state index contributed by atoms with van der Waals surface area (Å²) in [6.45, 7) is 5.87. The molecule has 1 aromatic heterocycles. The molecule has 1 aromatic carbocycles. The third kappa shape index (κ3) is 1.75. The van der Waals surface area contributed by atoms with Gasteiger partial charge in [-0.2, -0.15) is 0 Å². The van der Waals surface area contributed by atoms with Crippen LogP contribution >= 0.6 is 22.6 Å². The van der Waals surface area contributed by atoms with Gasteiger partial charge >= 0.3 is 0 Å². The molecule has 2 aromatic rings. The average Bonchev–Trinajstić information content (AvgIpc) is 2.15. The van der Waals surface area contributed by atoms with Crippen molar-refractivity contribution in [3.05, 3.63) is 37.9 Å². The number of rotatable bonds is 1. The average molecular weight is 328 g/mol. The van der Waals surface area contributed by atoms with Gasteiger partial charge in [-0.1, -0.05) is 6.07 Å². The summed E-state index contributed by atoms with van der Waals surface area (Å²) in [5, 5.41) is 0.724. The van der Waals surface area contributed by atoms with Crippen LogP contribution in [0.25, 0.3) is 10.9 Å². The number of aryl methyl sites for hydroxylation is 1. The molecular formula is C12H13IN2O. The highest BCUT2D eigenvalue weighted by molar-refractivity contribution is 14.1. The highest BCUT2D eigenvalue weighted by Crippen LogP contribution is 2.17. The first kappa shape index (κ1) is 11.6. The Balaban J connectivity index is 2.97. The predicted octanol–water partition coefficient (Wildman–Crippen LogP) is 2.89. The lowest BCUT2D eigenvalue weighted by atomic mass is 10.2. The second kappa shape index (κ2) is 4.16. The van der Waals surface area contributed by atoms with Gasteiger partial charge in [-0.15, -0.1) is 0 Å². The summed E-state index contributed by atoms with van der Waals surface area (Å²) in [7, 11) is 0. The molecule has 0 aliphatic heterocycles. The van der Waals surface area contributed by atoms with Crippen LogP contribution in [0.1, 0.15) is 25.7 Å². The molecular weight excluding hydrogens is 315 g/mol. The van der Waals surface area contributed by atoms with Gasteiger partial charge in [0.2, 0.25) is 0 Å². The molecule has 0 unspecified atom stereocenters. The Kier molecular flexibility index (Phi) is 3.01. The van der Waals surface area contributed by atoms with E-state index >= 15 is 0 Å². The first-order valence-corrected chi connectivity index (χ1v) is 6.27. The number of halogens is 1. The number of hydrogen-bond acceptors (Lipinski definition) is 2. The molecule has 0 atom stereocenters. The van der Waals surface area contributed by atoms with Crippen LogP contribution in [0.4, 0.5) is 0 Å². The summed E-state index contributed by atoms with van der Waals surface area (Å²) in [6.07, 6.45) is 0. The van der Waals surface area contributed by atoms with E-state index in [0.29, 0.717) is 0 Å². The van der Waals surface area contributed by atoms with Crippen LogP contribution in [0.5, 0.6) is 0 Å². The SMILES string of the molecule is Cc1nc2cccc(I)c2c(=O)n1C(C)C. The van der Waals surface area contributed by atoms with Gasteiger partial charge in [0, 0.05) is 9.61 Å². The van der Waals surface area contributed by atoms with Gasteiger partial charge in [-0.25, -0.2) is 4.98 Å². The van der Waals surface area contributed by atoms with Crippen molar-refractivity contribution in [2.75, 3.05) is 0 Å². The van der Waals surface area contributed by atoms with E-state index in [2.05, 4.69) is 27.6 Å². The van der Waals surface area contributed by atoms with E-state index in [1.807, 2.05) is 39.0 Å². The molecule has 0 saturated heterocycles. The van der Waals surface area contributed by atoms with Gasteiger partial charge in [0.15, 0.2) is 0 Å². The zero-order valence-corrected chi connectivity index (χ0v) is 11.6. The number of fused-ring (bicyclic) bond motifs is 1. The number of nitrogens with zero attached hydrogens (tertiary/aromatic N) is 2. The number of benzene rings is 1. The number of aromatic nitrogens is 2. The van der Waals surface area contributed by atoms with Crippen molar-refractivity contribution in [2.45, 2.75) is 26.8 Å². The first-order valence-electron chi connectivity index (χ1n) is 5.19. The van der Waals surface area contributed by atoms with Crippen molar-refractivity contribution in [1.82, 2.24) is 9.55 Å². The minimum absolute atomic E-state index is 0.0579. The Morgan fingerprint density at radius 3 is 2.69 bits per heavy atom. The summed E-state index contributed by atoms with van der Waals surface area (Å²) >= 11 is 2.18. The molecule has 16 heavy (non-hydrogen) atoms. The smallest absolute Gasteiger partial charge is 0.262 e. The summed E-state index contributed by atoms with van der Waals surface area (Å²) < 4.78 is 2.70. The molecule has 0 aliphatic carbocycles. The predicted molar refractivity (Wildman–Crippen MR) is 73.8 cm³/mol. The van der Waals surface area contributed by atoms with Gasteiger partial charge < -0.3 is 0 Å². The van der Waals surface area contributed by atoms with Crippen LogP contribution in [0.2, 0.25) is 0 Å². The molecule has 0 fully saturated rings. The van der Waals surface area contributed by atoms with E-state index in [4.69, 9.17) is 0 Å². The van der Waals surface area contributed by atoms with Crippen LogP contribution in [0.3, 0.4) is 0 Å². The second-order valence-electron chi connectivity index (χ2n) is 4.06. The van der Waals surface area contributed by atoms with E-state index in [1.54, 1.807) is 4.57 Å². The van der Waals surface area contributed by atoms with E-state index in [9.17, 15) is 4.79 Å². The van der Waals surface area contributed by atoms with E-state index in [-0.39, 0.29) is 11.6 Å². The Hall–Kier alpha value is -0.910. The molecule has 4 heteroatoms. The van der Waals surface area contributed by atoms with Crippen molar-refractivity contribution >= 4 is 33.5 Å². The molecule has 1 heterocycles. The highest BCUT2D eigenvalue weighted by atomic mass is 127. The van der Waals surface area contributed by atoms with Crippen LogP contribution in [-0.4, -0.2) is 9.55 Å². The maximum Gasteiger partial charge on any atom is 0.262 e. The van der Waals surface area contributed by atoms with Crippen molar-refractivity contribution < 1.29 is 0 Å². The molecule has 2 rings (SSSR count). The van der Waals surface area contributed by atoms with E-state index < -0.39 is 0 Å². The fraction of sp³-hybridized carbons (Fsp3) is 0.333. The van der Waals surface area contributed by atoms with Crippen molar-refractivity contribution in [1.29, 1.82) is 0 Å². The van der Waals surface area contributed by atoms with Crippen molar-refractivity contribution in [3.8, 4) is 0 Å². The van der Waals surface area contributed by atoms with Crippen molar-refractivity contribution in [3.63, 3.8) is 0 Å². The Labute approximate surface area is 108 Å². The van der Waals surface area contributed by atoms with Gasteiger partial charge in [-0.3, -0.25) is 9.36 Å². The van der Waals surface area contributed by atoms with Crippen LogP contribution in [0.15, 0.2) is 23.0 Å². The quantitative estimate of drug-likeness (QED) is 0.755. The molecule has 84 valence electrons. The molecule has 0 N–H and O–H groups in total. The lowest BCUT2D eigenvalue weighted by molar-refractivity contribution is 0.555. The largest absolute Gasteiger partial charge is 0.294 e. The van der Waals surface area contributed by atoms with Crippen LogP contribution < -0.4 is 5.56 Å².